The average Bonchev–Trinajstić information content (AvgIpc) is 2.68. The van der Waals surface area contributed by atoms with E-state index in [1.54, 1.807) is 26.2 Å². The molecule has 6 heteroatoms. The van der Waals surface area contributed by atoms with E-state index in [-0.39, 0.29) is 6.54 Å². The van der Waals surface area contributed by atoms with E-state index >= 15 is 0 Å². The minimum atomic E-state index is -3.59. The van der Waals surface area contributed by atoms with Crippen molar-refractivity contribution in [1.82, 2.24) is 4.72 Å². The molecule has 152 valence electrons. The molecule has 0 bridgehead atoms. The number of nitrogens with zero attached hydrogens (tertiary/aromatic N) is 1. The molecule has 2 aromatic rings. The molecule has 28 heavy (non-hydrogen) atoms. The molecule has 2 aromatic carbocycles. The predicted octanol–water partition coefficient (Wildman–Crippen LogP) is 4.03. The summed E-state index contributed by atoms with van der Waals surface area (Å²) in [6.45, 7) is 8.36. The second-order valence-electron chi connectivity index (χ2n) is 7.77. The number of aryl methyl sites for hydroxylation is 2. The second kappa shape index (κ2) is 8.53. The maximum Gasteiger partial charge on any atom is 0.241 e. The molecule has 1 heterocycles. The van der Waals surface area contributed by atoms with Gasteiger partial charge in [-0.15, -0.1) is 0 Å². The Hall–Kier alpha value is -2.05. The van der Waals surface area contributed by atoms with E-state index in [4.69, 9.17) is 4.74 Å². The normalized spacial score (nSPS) is 17.6. The maximum atomic E-state index is 12.8. The van der Waals surface area contributed by atoms with Crippen molar-refractivity contribution in [3.05, 3.63) is 53.1 Å². The van der Waals surface area contributed by atoms with Crippen molar-refractivity contribution in [3.63, 3.8) is 0 Å². The van der Waals surface area contributed by atoms with Gasteiger partial charge in [-0.1, -0.05) is 19.1 Å². The molecule has 1 atom stereocenters. The summed E-state index contributed by atoms with van der Waals surface area (Å²) in [5.41, 5.74) is 3.62. The van der Waals surface area contributed by atoms with Gasteiger partial charge in [-0.05, 0) is 73.6 Å². The van der Waals surface area contributed by atoms with Crippen LogP contribution < -0.4 is 14.4 Å². The van der Waals surface area contributed by atoms with Crippen LogP contribution in [0.4, 0.5) is 5.69 Å². The van der Waals surface area contributed by atoms with Crippen LogP contribution in [-0.4, -0.2) is 28.6 Å². The molecule has 0 amide bonds. The predicted molar refractivity (Wildman–Crippen MR) is 114 cm³/mol. The number of sulfonamides is 1. The smallest absolute Gasteiger partial charge is 0.241 e. The first-order valence-electron chi connectivity index (χ1n) is 9.79. The minimum absolute atomic E-state index is 0.267. The van der Waals surface area contributed by atoms with Gasteiger partial charge in [-0.25, -0.2) is 13.1 Å². The van der Waals surface area contributed by atoms with E-state index in [1.165, 1.54) is 18.5 Å². The lowest BCUT2D eigenvalue weighted by Gasteiger charge is -2.32. The SMILES string of the molecule is COc1cc(C)c(S(=O)(=O)NCc2ccc(N3CCC[C@H](C)C3)cc2)cc1C. The number of methoxy groups -OCH3 is 1. The fraction of sp³-hybridized carbons (Fsp3) is 0.455. The van der Waals surface area contributed by atoms with E-state index in [2.05, 4.69) is 28.7 Å². The number of hydrogen-bond acceptors (Lipinski definition) is 4. The van der Waals surface area contributed by atoms with Crippen LogP contribution in [0, 0.1) is 19.8 Å². The molecule has 1 fully saturated rings. The van der Waals surface area contributed by atoms with Crippen molar-refractivity contribution in [2.75, 3.05) is 25.1 Å². The summed E-state index contributed by atoms with van der Waals surface area (Å²) < 4.78 is 33.5. The van der Waals surface area contributed by atoms with Crippen LogP contribution in [0.25, 0.3) is 0 Å². The molecule has 1 aliphatic rings. The van der Waals surface area contributed by atoms with Crippen LogP contribution in [0.1, 0.15) is 36.5 Å². The Kier molecular flexibility index (Phi) is 6.30. The summed E-state index contributed by atoms with van der Waals surface area (Å²) in [5.74, 6) is 1.41. The molecule has 5 nitrogen and oxygen atoms in total. The van der Waals surface area contributed by atoms with E-state index in [1.807, 2.05) is 19.1 Å². The van der Waals surface area contributed by atoms with Gasteiger partial charge in [-0.2, -0.15) is 0 Å². The Morgan fingerprint density at radius 2 is 1.86 bits per heavy atom. The van der Waals surface area contributed by atoms with E-state index < -0.39 is 10.0 Å². The van der Waals surface area contributed by atoms with Gasteiger partial charge in [0.1, 0.15) is 5.75 Å². The van der Waals surface area contributed by atoms with Crippen LogP contribution in [0.3, 0.4) is 0 Å². The van der Waals surface area contributed by atoms with Crippen molar-refractivity contribution in [2.24, 2.45) is 5.92 Å². The number of nitrogens with one attached hydrogen (secondary N) is 1. The number of hydrogen-bond donors (Lipinski definition) is 1. The molecule has 0 spiro atoms. The lowest BCUT2D eigenvalue weighted by molar-refractivity contribution is 0.411. The Morgan fingerprint density at radius 3 is 2.50 bits per heavy atom. The third-order valence-electron chi connectivity index (χ3n) is 5.41. The Bertz CT molecular complexity index is 924. The molecule has 0 saturated carbocycles. The number of anilines is 1. The lowest BCUT2D eigenvalue weighted by Crippen LogP contribution is -2.34. The molecule has 0 aliphatic carbocycles. The first-order valence-corrected chi connectivity index (χ1v) is 11.3. The number of rotatable bonds is 6. The van der Waals surface area contributed by atoms with Gasteiger partial charge >= 0.3 is 0 Å². The first kappa shape index (κ1) is 20.7. The van der Waals surface area contributed by atoms with Gasteiger partial charge in [0.15, 0.2) is 0 Å². The molecule has 1 saturated heterocycles. The van der Waals surface area contributed by atoms with Crippen molar-refractivity contribution in [2.45, 2.75) is 45.1 Å². The van der Waals surface area contributed by atoms with Crippen LogP contribution in [0.5, 0.6) is 5.75 Å². The summed E-state index contributed by atoms with van der Waals surface area (Å²) >= 11 is 0. The van der Waals surface area contributed by atoms with Crippen molar-refractivity contribution in [1.29, 1.82) is 0 Å². The van der Waals surface area contributed by atoms with Crippen LogP contribution >= 0.6 is 0 Å². The minimum Gasteiger partial charge on any atom is -0.496 e. The standard InChI is InChI=1S/C22H30N2O3S/c1-16-6-5-11-24(15-16)20-9-7-19(8-10-20)14-23-28(25,26)22-13-17(2)21(27-4)12-18(22)3/h7-10,12-13,16,23H,5-6,11,14-15H2,1-4H3/t16-/m0/s1. The highest BCUT2D eigenvalue weighted by atomic mass is 32.2. The fourth-order valence-electron chi connectivity index (χ4n) is 3.78. The summed E-state index contributed by atoms with van der Waals surface area (Å²) in [7, 11) is -2.00. The van der Waals surface area contributed by atoms with Gasteiger partial charge in [-0.3, -0.25) is 0 Å². The molecular weight excluding hydrogens is 372 g/mol. The van der Waals surface area contributed by atoms with Crippen LogP contribution in [0.2, 0.25) is 0 Å². The third kappa shape index (κ3) is 4.67. The van der Waals surface area contributed by atoms with Crippen molar-refractivity contribution >= 4 is 15.7 Å². The zero-order chi connectivity index (χ0) is 20.3. The summed E-state index contributed by atoms with van der Waals surface area (Å²) in [4.78, 5) is 2.70. The quantitative estimate of drug-likeness (QED) is 0.793. The monoisotopic (exact) mass is 402 g/mol. The zero-order valence-electron chi connectivity index (χ0n) is 17.2. The number of piperidine rings is 1. The van der Waals surface area contributed by atoms with E-state index in [0.717, 1.165) is 30.1 Å². The molecule has 0 unspecified atom stereocenters. The summed E-state index contributed by atoms with van der Waals surface area (Å²) in [5, 5.41) is 0. The molecule has 1 aliphatic heterocycles. The number of ether oxygens (including phenoxy) is 1. The Morgan fingerprint density at radius 1 is 1.14 bits per heavy atom. The highest BCUT2D eigenvalue weighted by Gasteiger charge is 2.19. The third-order valence-corrected chi connectivity index (χ3v) is 6.95. The summed E-state index contributed by atoms with van der Waals surface area (Å²) in [6.07, 6.45) is 2.52. The van der Waals surface area contributed by atoms with Gasteiger partial charge in [0.2, 0.25) is 10.0 Å². The zero-order valence-corrected chi connectivity index (χ0v) is 18.0. The second-order valence-corrected chi connectivity index (χ2v) is 9.51. The molecule has 0 radical (unpaired) electrons. The fourth-order valence-corrected chi connectivity index (χ4v) is 5.10. The average molecular weight is 403 g/mol. The molecule has 1 N–H and O–H groups in total. The lowest BCUT2D eigenvalue weighted by atomic mass is 9.99. The highest BCUT2D eigenvalue weighted by molar-refractivity contribution is 7.89. The Labute approximate surface area is 168 Å². The molecular formula is C22H30N2O3S. The summed E-state index contributed by atoms with van der Waals surface area (Å²) in [6, 6.07) is 11.6. The van der Waals surface area contributed by atoms with Crippen LogP contribution in [0.15, 0.2) is 41.3 Å². The largest absolute Gasteiger partial charge is 0.496 e. The van der Waals surface area contributed by atoms with E-state index in [9.17, 15) is 8.42 Å². The first-order chi connectivity index (χ1) is 13.3. The topological polar surface area (TPSA) is 58.6 Å². The Balaban J connectivity index is 1.69. The molecule has 3 rings (SSSR count). The van der Waals surface area contributed by atoms with E-state index in [0.29, 0.717) is 16.2 Å². The highest BCUT2D eigenvalue weighted by Crippen LogP contribution is 2.26. The van der Waals surface area contributed by atoms with Crippen molar-refractivity contribution in [3.8, 4) is 5.75 Å². The van der Waals surface area contributed by atoms with Crippen molar-refractivity contribution < 1.29 is 13.2 Å². The van der Waals surface area contributed by atoms with Gasteiger partial charge in [0.05, 0.1) is 12.0 Å². The maximum absolute atomic E-state index is 12.8. The van der Waals surface area contributed by atoms with Gasteiger partial charge < -0.3 is 9.64 Å². The molecule has 0 aromatic heterocycles. The van der Waals surface area contributed by atoms with Gasteiger partial charge in [0, 0.05) is 25.3 Å². The van der Waals surface area contributed by atoms with Crippen LogP contribution in [-0.2, 0) is 16.6 Å². The number of benzene rings is 2. The van der Waals surface area contributed by atoms with Gasteiger partial charge in [0.25, 0.3) is 0 Å².